The number of rotatable bonds is 6. The van der Waals surface area contributed by atoms with Crippen LogP contribution >= 0.6 is 0 Å². The molecule has 0 heterocycles. The second kappa shape index (κ2) is 5.76. The van der Waals surface area contributed by atoms with Gasteiger partial charge in [0.1, 0.15) is 5.78 Å². The maximum atomic E-state index is 12.0. The van der Waals surface area contributed by atoms with Gasteiger partial charge in [0.2, 0.25) is 0 Å². The summed E-state index contributed by atoms with van der Waals surface area (Å²) in [6, 6.07) is -0.517. The summed E-state index contributed by atoms with van der Waals surface area (Å²) in [5, 5.41) is 0. The third kappa shape index (κ3) is 4.99. The first-order valence-corrected chi connectivity index (χ1v) is 6.35. The molecule has 0 aliphatic heterocycles. The minimum absolute atomic E-state index is 0.0571. The van der Waals surface area contributed by atoms with Crippen LogP contribution < -0.4 is 5.73 Å². The topological polar surface area (TPSA) is 60.2 Å². The lowest BCUT2D eigenvalue weighted by Crippen LogP contribution is -2.40. The third-order valence-electron chi connectivity index (χ3n) is 3.41. The van der Waals surface area contributed by atoms with Crippen molar-refractivity contribution in [3.05, 3.63) is 0 Å². The Morgan fingerprint density at radius 2 is 1.59 bits per heavy atom. The van der Waals surface area contributed by atoms with E-state index in [1.165, 1.54) is 0 Å². The minimum atomic E-state index is -0.517. The summed E-state index contributed by atoms with van der Waals surface area (Å²) in [5.74, 6) is 0.219. The Kier molecular flexibility index (Phi) is 5.53. The highest BCUT2D eigenvalue weighted by Crippen LogP contribution is 2.24. The van der Waals surface area contributed by atoms with E-state index >= 15 is 0 Å². The lowest BCUT2D eigenvalue weighted by atomic mass is 9.80. The number of ketones is 2. The first kappa shape index (κ1) is 16.3. The standard InChI is InChI=1S/C14H27NO2/c1-7-14(5,6)12(17)10(15)8-9-11(16)13(2,3)4/h10H,7-9,15H2,1-6H3. The van der Waals surface area contributed by atoms with Gasteiger partial charge in [0.25, 0.3) is 0 Å². The van der Waals surface area contributed by atoms with Gasteiger partial charge in [-0.25, -0.2) is 0 Å². The summed E-state index contributed by atoms with van der Waals surface area (Å²) in [6.45, 7) is 11.4. The Hall–Kier alpha value is -0.700. The Morgan fingerprint density at radius 3 is 1.94 bits per heavy atom. The second-order valence-corrected chi connectivity index (χ2v) is 6.42. The molecule has 100 valence electrons. The van der Waals surface area contributed by atoms with Gasteiger partial charge in [0, 0.05) is 17.3 Å². The van der Waals surface area contributed by atoms with Crippen LogP contribution in [-0.4, -0.2) is 17.6 Å². The van der Waals surface area contributed by atoms with Crippen LogP contribution in [0.5, 0.6) is 0 Å². The molecule has 0 saturated carbocycles. The van der Waals surface area contributed by atoms with Gasteiger partial charge in [-0.1, -0.05) is 41.5 Å². The van der Waals surface area contributed by atoms with Crippen molar-refractivity contribution in [2.45, 2.75) is 66.8 Å². The number of hydrogen-bond donors (Lipinski definition) is 1. The summed E-state index contributed by atoms with van der Waals surface area (Å²) < 4.78 is 0. The molecule has 0 aromatic heterocycles. The van der Waals surface area contributed by atoms with Crippen LogP contribution in [0.3, 0.4) is 0 Å². The summed E-state index contributed by atoms with van der Waals surface area (Å²) in [7, 11) is 0. The number of Topliss-reactive ketones (excluding diaryl/α,β-unsaturated/α-hetero) is 2. The van der Waals surface area contributed by atoms with Gasteiger partial charge in [-0.15, -0.1) is 0 Å². The molecule has 0 rings (SSSR count). The second-order valence-electron chi connectivity index (χ2n) is 6.42. The lowest BCUT2D eigenvalue weighted by molar-refractivity contribution is -0.129. The van der Waals surface area contributed by atoms with Gasteiger partial charge in [-0.05, 0) is 12.8 Å². The Bertz CT molecular complexity index is 287. The van der Waals surface area contributed by atoms with E-state index in [1.54, 1.807) is 0 Å². The number of carbonyl (C=O) groups is 2. The molecule has 0 aliphatic carbocycles. The fraction of sp³-hybridized carbons (Fsp3) is 0.857. The summed E-state index contributed by atoms with van der Waals surface area (Å²) in [4.78, 5) is 23.8. The van der Waals surface area contributed by atoms with Crippen LogP contribution in [0.25, 0.3) is 0 Å². The molecule has 2 N–H and O–H groups in total. The van der Waals surface area contributed by atoms with Crippen LogP contribution in [-0.2, 0) is 9.59 Å². The van der Waals surface area contributed by atoms with Crippen molar-refractivity contribution in [3.8, 4) is 0 Å². The van der Waals surface area contributed by atoms with Crippen molar-refractivity contribution in [2.75, 3.05) is 0 Å². The normalized spacial score (nSPS) is 14.5. The molecular weight excluding hydrogens is 214 g/mol. The minimum Gasteiger partial charge on any atom is -0.321 e. The van der Waals surface area contributed by atoms with Crippen LogP contribution in [0.4, 0.5) is 0 Å². The van der Waals surface area contributed by atoms with Gasteiger partial charge < -0.3 is 5.73 Å². The summed E-state index contributed by atoms with van der Waals surface area (Å²) >= 11 is 0. The van der Waals surface area contributed by atoms with Gasteiger partial charge >= 0.3 is 0 Å². The van der Waals surface area contributed by atoms with E-state index in [-0.39, 0.29) is 22.4 Å². The van der Waals surface area contributed by atoms with Crippen LogP contribution in [0.15, 0.2) is 0 Å². The molecule has 0 fully saturated rings. The molecule has 0 aromatic carbocycles. The fourth-order valence-electron chi connectivity index (χ4n) is 1.47. The van der Waals surface area contributed by atoms with E-state index in [9.17, 15) is 9.59 Å². The molecule has 0 amide bonds. The molecule has 0 saturated heterocycles. The molecule has 0 bridgehead atoms. The summed E-state index contributed by atoms with van der Waals surface area (Å²) in [6.07, 6.45) is 1.61. The van der Waals surface area contributed by atoms with Gasteiger partial charge in [0.05, 0.1) is 6.04 Å². The first-order chi connectivity index (χ1) is 7.52. The van der Waals surface area contributed by atoms with Crippen LogP contribution in [0.2, 0.25) is 0 Å². The first-order valence-electron chi connectivity index (χ1n) is 6.35. The van der Waals surface area contributed by atoms with Crippen molar-refractivity contribution in [3.63, 3.8) is 0 Å². The maximum Gasteiger partial charge on any atom is 0.155 e. The molecule has 3 heteroatoms. The van der Waals surface area contributed by atoms with Crippen LogP contribution in [0, 0.1) is 10.8 Å². The zero-order chi connectivity index (χ0) is 13.9. The molecule has 0 aliphatic rings. The predicted octanol–water partition coefficient (Wildman–Crippen LogP) is 2.71. The smallest absolute Gasteiger partial charge is 0.155 e. The van der Waals surface area contributed by atoms with Crippen molar-refractivity contribution in [1.82, 2.24) is 0 Å². The maximum absolute atomic E-state index is 12.0. The number of hydrogen-bond acceptors (Lipinski definition) is 3. The molecule has 0 radical (unpaired) electrons. The Labute approximate surface area is 105 Å². The molecule has 0 spiro atoms. The van der Waals surface area contributed by atoms with Crippen LogP contribution in [0.1, 0.15) is 60.8 Å². The highest BCUT2D eigenvalue weighted by Gasteiger charge is 2.31. The Balaban J connectivity index is 4.34. The quantitative estimate of drug-likeness (QED) is 0.777. The SMILES string of the molecule is CCC(C)(C)C(=O)C(N)CCC(=O)C(C)(C)C. The fourth-order valence-corrected chi connectivity index (χ4v) is 1.47. The largest absolute Gasteiger partial charge is 0.321 e. The molecule has 17 heavy (non-hydrogen) atoms. The van der Waals surface area contributed by atoms with Gasteiger partial charge in [-0.2, -0.15) is 0 Å². The summed E-state index contributed by atoms with van der Waals surface area (Å²) in [5.41, 5.74) is 5.14. The monoisotopic (exact) mass is 241 g/mol. The van der Waals surface area contributed by atoms with Crippen molar-refractivity contribution in [1.29, 1.82) is 0 Å². The zero-order valence-electron chi connectivity index (χ0n) is 12.1. The van der Waals surface area contributed by atoms with E-state index < -0.39 is 6.04 Å². The highest BCUT2D eigenvalue weighted by molar-refractivity contribution is 5.90. The van der Waals surface area contributed by atoms with E-state index in [4.69, 9.17) is 5.73 Å². The third-order valence-corrected chi connectivity index (χ3v) is 3.41. The number of carbonyl (C=O) groups excluding carboxylic acids is 2. The van der Waals surface area contributed by atoms with E-state index in [0.717, 1.165) is 6.42 Å². The zero-order valence-corrected chi connectivity index (χ0v) is 12.1. The average molecular weight is 241 g/mol. The van der Waals surface area contributed by atoms with Gasteiger partial charge in [0.15, 0.2) is 5.78 Å². The highest BCUT2D eigenvalue weighted by atomic mass is 16.1. The van der Waals surface area contributed by atoms with Crippen molar-refractivity contribution >= 4 is 11.6 Å². The lowest BCUT2D eigenvalue weighted by Gasteiger charge is -2.25. The molecule has 1 atom stereocenters. The molecular formula is C14H27NO2. The molecule has 1 unspecified atom stereocenters. The van der Waals surface area contributed by atoms with E-state index in [2.05, 4.69) is 0 Å². The predicted molar refractivity (Wildman–Crippen MR) is 70.8 cm³/mol. The number of nitrogens with two attached hydrogens (primary N) is 1. The van der Waals surface area contributed by atoms with Crippen molar-refractivity contribution < 1.29 is 9.59 Å². The molecule has 3 nitrogen and oxygen atoms in total. The van der Waals surface area contributed by atoms with Crippen molar-refractivity contribution in [2.24, 2.45) is 16.6 Å². The van der Waals surface area contributed by atoms with Gasteiger partial charge in [-0.3, -0.25) is 9.59 Å². The molecule has 0 aromatic rings. The van der Waals surface area contributed by atoms with E-state index in [0.29, 0.717) is 12.8 Å². The Morgan fingerprint density at radius 1 is 1.12 bits per heavy atom. The van der Waals surface area contributed by atoms with E-state index in [1.807, 2.05) is 41.5 Å². The average Bonchev–Trinajstić information content (AvgIpc) is 2.22.